The van der Waals surface area contributed by atoms with Crippen LogP contribution in [0, 0.1) is 0 Å². The van der Waals surface area contributed by atoms with Crippen LogP contribution in [0.1, 0.15) is 18.9 Å². The molecule has 2 aromatic heterocycles. The van der Waals surface area contributed by atoms with Crippen LogP contribution in [0.4, 0.5) is 5.69 Å². The molecule has 1 saturated heterocycles. The summed E-state index contributed by atoms with van der Waals surface area (Å²) in [6.07, 6.45) is 6.45. The Morgan fingerprint density at radius 1 is 1.16 bits per heavy atom. The molecule has 4 heteroatoms. The van der Waals surface area contributed by atoms with Gasteiger partial charge in [-0.2, -0.15) is 5.10 Å². The molecule has 2 aromatic rings. The fourth-order valence-electron chi connectivity index (χ4n) is 2.74. The van der Waals surface area contributed by atoms with Gasteiger partial charge in [0.05, 0.1) is 23.6 Å². The Bertz CT molecular complexity index is 552. The van der Waals surface area contributed by atoms with Crippen LogP contribution in [0.25, 0.3) is 5.52 Å². The number of likely N-dealkylation sites (N-methyl/N-ethyl adjacent to an activating group) is 1. The minimum absolute atomic E-state index is 1.10. The molecule has 0 aliphatic carbocycles. The van der Waals surface area contributed by atoms with Crippen LogP contribution < -0.4 is 4.90 Å². The van der Waals surface area contributed by atoms with Gasteiger partial charge in [-0.05, 0) is 31.2 Å². The zero-order chi connectivity index (χ0) is 13.2. The summed E-state index contributed by atoms with van der Waals surface area (Å²) >= 11 is 0. The number of aryl methyl sites for hydroxylation is 1. The Hall–Kier alpha value is -1.55. The predicted octanol–water partition coefficient (Wildman–Crippen LogP) is 2.04. The molecule has 1 fully saturated rings. The minimum atomic E-state index is 1.10. The monoisotopic (exact) mass is 258 g/mol. The van der Waals surface area contributed by atoms with Crippen molar-refractivity contribution in [2.24, 2.45) is 0 Å². The minimum Gasteiger partial charge on any atom is -0.368 e. The molecular formula is C15H22N4. The van der Waals surface area contributed by atoms with E-state index in [0.717, 1.165) is 32.6 Å². The smallest absolute Gasteiger partial charge is 0.0695 e. The van der Waals surface area contributed by atoms with Crippen molar-refractivity contribution in [3.8, 4) is 0 Å². The first-order valence-electron chi connectivity index (χ1n) is 7.17. The van der Waals surface area contributed by atoms with Crippen LogP contribution in [0.5, 0.6) is 0 Å². The van der Waals surface area contributed by atoms with Crippen molar-refractivity contribution in [3.05, 3.63) is 30.1 Å². The van der Waals surface area contributed by atoms with E-state index < -0.39 is 0 Å². The second kappa shape index (κ2) is 5.21. The fraction of sp³-hybridized carbons (Fsp3) is 0.533. The summed E-state index contributed by atoms with van der Waals surface area (Å²) in [6, 6.07) is 4.45. The summed E-state index contributed by atoms with van der Waals surface area (Å²) in [5.41, 5.74) is 3.89. The Morgan fingerprint density at radius 2 is 1.95 bits per heavy atom. The Kier molecular flexibility index (Phi) is 3.42. The molecule has 19 heavy (non-hydrogen) atoms. The van der Waals surface area contributed by atoms with E-state index in [2.05, 4.69) is 47.2 Å². The molecule has 1 aliphatic rings. The summed E-state index contributed by atoms with van der Waals surface area (Å²) < 4.78 is 2.03. The van der Waals surface area contributed by atoms with Gasteiger partial charge in [0.25, 0.3) is 0 Å². The number of hydrogen-bond acceptors (Lipinski definition) is 3. The number of pyridine rings is 1. The van der Waals surface area contributed by atoms with Crippen LogP contribution in [0.3, 0.4) is 0 Å². The standard InChI is InChI=1S/C15H22N4/c1-3-4-13-11-16-19-12-14(5-6-15(13)19)18-9-7-17(2)8-10-18/h5-6,11-12H,3-4,7-10H2,1-2H3. The number of hydrogen-bond donors (Lipinski definition) is 0. The zero-order valence-electron chi connectivity index (χ0n) is 11.8. The van der Waals surface area contributed by atoms with Gasteiger partial charge in [0.2, 0.25) is 0 Å². The lowest BCUT2D eigenvalue weighted by molar-refractivity contribution is 0.312. The normalized spacial score (nSPS) is 17.3. The van der Waals surface area contributed by atoms with Gasteiger partial charge in [-0.25, -0.2) is 4.52 Å². The van der Waals surface area contributed by atoms with Gasteiger partial charge in [0, 0.05) is 26.2 Å². The van der Waals surface area contributed by atoms with E-state index in [0.29, 0.717) is 0 Å². The third-order valence-corrected chi connectivity index (χ3v) is 3.97. The predicted molar refractivity (Wildman–Crippen MR) is 78.9 cm³/mol. The van der Waals surface area contributed by atoms with Gasteiger partial charge in [-0.15, -0.1) is 0 Å². The Balaban J connectivity index is 1.85. The number of piperazine rings is 1. The average Bonchev–Trinajstić information content (AvgIpc) is 2.83. The van der Waals surface area contributed by atoms with Gasteiger partial charge in [0.15, 0.2) is 0 Å². The van der Waals surface area contributed by atoms with Crippen LogP contribution in [-0.4, -0.2) is 47.7 Å². The molecule has 0 spiro atoms. The van der Waals surface area contributed by atoms with Crippen LogP contribution in [0.2, 0.25) is 0 Å². The maximum absolute atomic E-state index is 4.49. The highest BCUT2D eigenvalue weighted by Gasteiger charge is 2.15. The summed E-state index contributed by atoms with van der Waals surface area (Å²) in [4.78, 5) is 4.82. The molecule has 0 atom stereocenters. The summed E-state index contributed by atoms with van der Waals surface area (Å²) in [5.74, 6) is 0. The van der Waals surface area contributed by atoms with E-state index in [-0.39, 0.29) is 0 Å². The van der Waals surface area contributed by atoms with E-state index in [1.54, 1.807) is 0 Å². The van der Waals surface area contributed by atoms with E-state index in [1.165, 1.54) is 23.2 Å². The quantitative estimate of drug-likeness (QED) is 0.842. The Morgan fingerprint density at radius 3 is 2.68 bits per heavy atom. The molecule has 0 amide bonds. The Labute approximate surface area is 114 Å². The van der Waals surface area contributed by atoms with Crippen molar-refractivity contribution in [2.75, 3.05) is 38.1 Å². The molecule has 3 rings (SSSR count). The van der Waals surface area contributed by atoms with Crippen LogP contribution >= 0.6 is 0 Å². The first kappa shape index (κ1) is 12.5. The van der Waals surface area contributed by atoms with Crippen molar-refractivity contribution in [3.63, 3.8) is 0 Å². The second-order valence-electron chi connectivity index (χ2n) is 5.43. The number of aromatic nitrogens is 2. The lowest BCUT2D eigenvalue weighted by Crippen LogP contribution is -2.44. The van der Waals surface area contributed by atoms with Crippen molar-refractivity contribution >= 4 is 11.2 Å². The topological polar surface area (TPSA) is 23.8 Å². The SMILES string of the molecule is CCCc1cnn2cc(N3CCN(C)CC3)ccc12. The summed E-state index contributed by atoms with van der Waals surface area (Å²) in [5, 5.41) is 4.49. The third-order valence-electron chi connectivity index (χ3n) is 3.97. The molecule has 0 aromatic carbocycles. The lowest BCUT2D eigenvalue weighted by atomic mass is 10.1. The molecule has 0 unspecified atom stereocenters. The van der Waals surface area contributed by atoms with Gasteiger partial charge >= 0.3 is 0 Å². The van der Waals surface area contributed by atoms with E-state index in [1.807, 2.05) is 10.7 Å². The molecule has 1 aliphatic heterocycles. The van der Waals surface area contributed by atoms with E-state index >= 15 is 0 Å². The van der Waals surface area contributed by atoms with Gasteiger partial charge in [-0.3, -0.25) is 0 Å². The van der Waals surface area contributed by atoms with E-state index in [4.69, 9.17) is 0 Å². The first-order chi connectivity index (χ1) is 9.28. The van der Waals surface area contributed by atoms with Gasteiger partial charge in [0.1, 0.15) is 0 Å². The number of anilines is 1. The first-order valence-corrected chi connectivity index (χ1v) is 7.17. The molecule has 102 valence electrons. The molecule has 0 radical (unpaired) electrons. The summed E-state index contributed by atoms with van der Waals surface area (Å²) in [6.45, 7) is 6.69. The van der Waals surface area contributed by atoms with Crippen LogP contribution in [0.15, 0.2) is 24.5 Å². The molecular weight excluding hydrogens is 236 g/mol. The van der Waals surface area contributed by atoms with Crippen LogP contribution in [-0.2, 0) is 6.42 Å². The summed E-state index contributed by atoms with van der Waals surface area (Å²) in [7, 11) is 2.19. The van der Waals surface area contributed by atoms with Crippen molar-refractivity contribution in [2.45, 2.75) is 19.8 Å². The van der Waals surface area contributed by atoms with Crippen molar-refractivity contribution in [1.82, 2.24) is 14.5 Å². The van der Waals surface area contributed by atoms with E-state index in [9.17, 15) is 0 Å². The number of fused-ring (bicyclic) bond motifs is 1. The largest absolute Gasteiger partial charge is 0.368 e. The van der Waals surface area contributed by atoms with Crippen molar-refractivity contribution in [1.29, 1.82) is 0 Å². The third kappa shape index (κ3) is 2.45. The zero-order valence-corrected chi connectivity index (χ0v) is 11.8. The molecule has 4 nitrogen and oxygen atoms in total. The maximum atomic E-state index is 4.49. The molecule has 3 heterocycles. The molecule has 0 saturated carbocycles. The lowest BCUT2D eigenvalue weighted by Gasteiger charge is -2.33. The van der Waals surface area contributed by atoms with Gasteiger partial charge in [-0.1, -0.05) is 13.3 Å². The highest BCUT2D eigenvalue weighted by Crippen LogP contribution is 2.20. The molecule has 0 N–H and O–H groups in total. The second-order valence-corrected chi connectivity index (χ2v) is 5.43. The number of nitrogens with zero attached hydrogens (tertiary/aromatic N) is 4. The highest BCUT2D eigenvalue weighted by atomic mass is 15.3. The highest BCUT2D eigenvalue weighted by molar-refractivity contribution is 5.59. The maximum Gasteiger partial charge on any atom is 0.0695 e. The van der Waals surface area contributed by atoms with Crippen molar-refractivity contribution < 1.29 is 0 Å². The van der Waals surface area contributed by atoms with Gasteiger partial charge < -0.3 is 9.80 Å². The fourth-order valence-corrected chi connectivity index (χ4v) is 2.74. The molecule has 0 bridgehead atoms. The average molecular weight is 258 g/mol. The number of rotatable bonds is 3.